The molecule has 0 radical (unpaired) electrons. The van der Waals surface area contributed by atoms with E-state index in [1.807, 2.05) is 6.07 Å². The number of nitrogens with one attached hydrogen (secondary N) is 1. The number of amides is 2. The lowest BCUT2D eigenvalue weighted by Gasteiger charge is -2.26. The molecule has 1 fully saturated rings. The number of piperidine rings is 1. The van der Waals surface area contributed by atoms with Crippen molar-refractivity contribution in [3.8, 4) is 0 Å². The number of aromatic nitrogens is 1. The van der Waals surface area contributed by atoms with Gasteiger partial charge in [0.2, 0.25) is 5.96 Å². The molecular formula is C12H17N5O. The van der Waals surface area contributed by atoms with E-state index in [1.165, 1.54) is 6.42 Å². The van der Waals surface area contributed by atoms with Crippen molar-refractivity contribution in [3.63, 3.8) is 0 Å². The summed E-state index contributed by atoms with van der Waals surface area (Å²) >= 11 is 0. The first-order valence-corrected chi connectivity index (χ1v) is 6.07. The molecule has 6 heteroatoms. The molecule has 1 aliphatic rings. The van der Waals surface area contributed by atoms with Gasteiger partial charge in [0, 0.05) is 19.3 Å². The van der Waals surface area contributed by atoms with E-state index in [9.17, 15) is 4.79 Å². The summed E-state index contributed by atoms with van der Waals surface area (Å²) < 4.78 is 0. The Hall–Kier alpha value is -2.11. The van der Waals surface area contributed by atoms with Crippen LogP contribution in [0.2, 0.25) is 0 Å². The van der Waals surface area contributed by atoms with Gasteiger partial charge in [0.05, 0.1) is 0 Å². The van der Waals surface area contributed by atoms with Crippen LogP contribution in [0.4, 0.5) is 10.6 Å². The van der Waals surface area contributed by atoms with Crippen LogP contribution in [0.5, 0.6) is 0 Å². The van der Waals surface area contributed by atoms with Gasteiger partial charge in [0.15, 0.2) is 5.82 Å². The van der Waals surface area contributed by atoms with Crippen LogP contribution in [0.3, 0.4) is 0 Å². The fourth-order valence-corrected chi connectivity index (χ4v) is 1.86. The highest BCUT2D eigenvalue weighted by Gasteiger charge is 2.16. The number of pyridine rings is 1. The van der Waals surface area contributed by atoms with Gasteiger partial charge >= 0.3 is 6.03 Å². The van der Waals surface area contributed by atoms with E-state index in [-0.39, 0.29) is 12.0 Å². The molecule has 3 N–H and O–H groups in total. The van der Waals surface area contributed by atoms with E-state index >= 15 is 0 Å². The summed E-state index contributed by atoms with van der Waals surface area (Å²) in [6.07, 6.45) is 4.90. The molecule has 2 heterocycles. The average Bonchev–Trinajstić information content (AvgIpc) is 2.40. The van der Waals surface area contributed by atoms with Gasteiger partial charge in [-0.15, -0.1) is 0 Å². The summed E-state index contributed by atoms with van der Waals surface area (Å²) in [6, 6.07) is 5.14. The molecule has 0 bridgehead atoms. The molecule has 96 valence electrons. The van der Waals surface area contributed by atoms with Gasteiger partial charge < -0.3 is 10.6 Å². The van der Waals surface area contributed by atoms with Crippen LogP contribution in [0.1, 0.15) is 19.3 Å². The standard InChI is InChI=1S/C12H17N5O/c13-11(15-10-6-2-3-7-14-10)16-12(18)17-8-4-1-5-9-17/h2-3,6-7H,1,4-5,8-9H2,(H3,13,14,15,16,18). The van der Waals surface area contributed by atoms with Crippen molar-refractivity contribution >= 4 is 17.8 Å². The summed E-state index contributed by atoms with van der Waals surface area (Å²) in [7, 11) is 0. The number of carbonyl (C=O) groups is 1. The SMILES string of the molecule is N/C(=N\c1ccccn1)NC(=O)N1CCCCC1. The zero-order valence-electron chi connectivity index (χ0n) is 10.2. The molecule has 18 heavy (non-hydrogen) atoms. The molecule has 0 aromatic carbocycles. The second-order valence-corrected chi connectivity index (χ2v) is 4.16. The van der Waals surface area contributed by atoms with Crippen LogP contribution < -0.4 is 11.1 Å². The molecule has 0 unspecified atom stereocenters. The largest absolute Gasteiger partial charge is 0.369 e. The van der Waals surface area contributed by atoms with E-state index in [2.05, 4.69) is 15.3 Å². The first-order chi connectivity index (χ1) is 8.75. The zero-order chi connectivity index (χ0) is 12.8. The Balaban J connectivity index is 1.92. The molecule has 2 amide bonds. The average molecular weight is 247 g/mol. The number of likely N-dealkylation sites (tertiary alicyclic amines) is 1. The number of guanidine groups is 1. The highest BCUT2D eigenvalue weighted by atomic mass is 16.2. The Bertz CT molecular complexity index is 425. The number of nitrogens with zero attached hydrogens (tertiary/aromatic N) is 3. The molecule has 6 nitrogen and oxygen atoms in total. The molecule has 1 aromatic rings. The van der Waals surface area contributed by atoms with Crippen LogP contribution in [-0.2, 0) is 0 Å². The van der Waals surface area contributed by atoms with Gasteiger partial charge in [-0.2, -0.15) is 4.99 Å². The normalized spacial score (nSPS) is 16.4. The van der Waals surface area contributed by atoms with Crippen LogP contribution in [0.25, 0.3) is 0 Å². The Kier molecular flexibility index (Phi) is 4.11. The Labute approximate surface area is 106 Å². The molecule has 2 rings (SSSR count). The highest BCUT2D eigenvalue weighted by molar-refractivity contribution is 5.96. The van der Waals surface area contributed by atoms with Gasteiger partial charge in [-0.1, -0.05) is 6.07 Å². The monoisotopic (exact) mass is 247 g/mol. The van der Waals surface area contributed by atoms with Crippen molar-refractivity contribution in [1.29, 1.82) is 0 Å². The second-order valence-electron chi connectivity index (χ2n) is 4.16. The molecular weight excluding hydrogens is 230 g/mol. The minimum absolute atomic E-state index is 0.0734. The number of carbonyl (C=O) groups excluding carboxylic acids is 1. The maximum atomic E-state index is 11.8. The maximum absolute atomic E-state index is 11.8. The quantitative estimate of drug-likeness (QED) is 0.578. The van der Waals surface area contributed by atoms with E-state index in [1.54, 1.807) is 23.2 Å². The zero-order valence-corrected chi connectivity index (χ0v) is 10.2. The number of aliphatic imine (C=N–C) groups is 1. The molecule has 1 aromatic heterocycles. The van der Waals surface area contributed by atoms with Crippen molar-refractivity contribution < 1.29 is 4.79 Å². The third-order valence-corrected chi connectivity index (χ3v) is 2.76. The van der Waals surface area contributed by atoms with E-state index in [0.29, 0.717) is 5.82 Å². The summed E-state index contributed by atoms with van der Waals surface area (Å²) in [5.74, 6) is 0.554. The van der Waals surface area contributed by atoms with Gasteiger partial charge in [0.25, 0.3) is 0 Å². The lowest BCUT2D eigenvalue weighted by atomic mass is 10.1. The van der Waals surface area contributed by atoms with Crippen LogP contribution in [0, 0.1) is 0 Å². The van der Waals surface area contributed by atoms with Crippen molar-refractivity contribution in [3.05, 3.63) is 24.4 Å². The lowest BCUT2D eigenvalue weighted by Crippen LogP contribution is -2.47. The summed E-state index contributed by atoms with van der Waals surface area (Å²) in [5, 5.41) is 2.57. The van der Waals surface area contributed by atoms with Crippen LogP contribution >= 0.6 is 0 Å². The van der Waals surface area contributed by atoms with E-state index < -0.39 is 0 Å². The first kappa shape index (κ1) is 12.3. The van der Waals surface area contributed by atoms with Crippen molar-refractivity contribution in [2.45, 2.75) is 19.3 Å². The lowest BCUT2D eigenvalue weighted by molar-refractivity contribution is 0.191. The molecule has 1 saturated heterocycles. The van der Waals surface area contributed by atoms with Gasteiger partial charge in [-0.05, 0) is 31.4 Å². The van der Waals surface area contributed by atoms with Gasteiger partial charge in [-0.25, -0.2) is 9.78 Å². The Morgan fingerprint density at radius 3 is 2.78 bits per heavy atom. The summed E-state index contributed by atoms with van der Waals surface area (Å²) in [4.78, 5) is 21.6. The second kappa shape index (κ2) is 6.00. The molecule has 0 spiro atoms. The van der Waals surface area contributed by atoms with Gasteiger partial charge in [0.1, 0.15) is 0 Å². The van der Waals surface area contributed by atoms with Crippen LogP contribution in [-0.4, -0.2) is 35.0 Å². The summed E-state index contributed by atoms with van der Waals surface area (Å²) in [6.45, 7) is 1.56. The van der Waals surface area contributed by atoms with Crippen molar-refractivity contribution in [2.75, 3.05) is 13.1 Å². The molecule has 0 saturated carbocycles. The fourth-order valence-electron chi connectivity index (χ4n) is 1.86. The number of nitrogens with two attached hydrogens (primary N) is 1. The fraction of sp³-hybridized carbons (Fsp3) is 0.417. The maximum Gasteiger partial charge on any atom is 0.324 e. The van der Waals surface area contributed by atoms with Crippen molar-refractivity contribution in [2.24, 2.45) is 10.7 Å². The van der Waals surface area contributed by atoms with Crippen LogP contribution in [0.15, 0.2) is 29.4 Å². The van der Waals surface area contributed by atoms with Gasteiger partial charge in [-0.3, -0.25) is 5.32 Å². The number of rotatable bonds is 1. The van der Waals surface area contributed by atoms with Crippen molar-refractivity contribution in [1.82, 2.24) is 15.2 Å². The number of urea groups is 1. The van der Waals surface area contributed by atoms with E-state index in [0.717, 1.165) is 25.9 Å². The minimum atomic E-state index is -0.188. The Morgan fingerprint density at radius 2 is 2.11 bits per heavy atom. The summed E-state index contributed by atoms with van der Waals surface area (Å²) in [5.41, 5.74) is 5.66. The predicted octanol–water partition coefficient (Wildman–Crippen LogP) is 1.22. The minimum Gasteiger partial charge on any atom is -0.369 e. The predicted molar refractivity (Wildman–Crippen MR) is 69.5 cm³/mol. The molecule has 0 atom stereocenters. The number of hydrogen-bond acceptors (Lipinski definition) is 3. The molecule has 1 aliphatic heterocycles. The third-order valence-electron chi connectivity index (χ3n) is 2.76. The first-order valence-electron chi connectivity index (χ1n) is 6.07. The molecule has 0 aliphatic carbocycles. The number of hydrogen-bond donors (Lipinski definition) is 2. The third kappa shape index (κ3) is 3.44. The Morgan fingerprint density at radius 1 is 1.33 bits per heavy atom. The topological polar surface area (TPSA) is 83.6 Å². The highest BCUT2D eigenvalue weighted by Crippen LogP contribution is 2.08. The van der Waals surface area contributed by atoms with E-state index in [4.69, 9.17) is 5.73 Å². The smallest absolute Gasteiger partial charge is 0.324 e.